The summed E-state index contributed by atoms with van der Waals surface area (Å²) >= 11 is 0. The van der Waals surface area contributed by atoms with Crippen molar-refractivity contribution in [3.63, 3.8) is 0 Å². The molecule has 21 heavy (non-hydrogen) atoms. The number of aryl methyl sites for hydroxylation is 1. The summed E-state index contributed by atoms with van der Waals surface area (Å²) in [7, 11) is 2.99. The lowest BCUT2D eigenvalue weighted by atomic mass is 10.1. The maximum atomic E-state index is 12.5. The van der Waals surface area contributed by atoms with Crippen molar-refractivity contribution in [2.24, 2.45) is 0 Å². The fourth-order valence-corrected chi connectivity index (χ4v) is 2.05. The van der Waals surface area contributed by atoms with E-state index >= 15 is 0 Å². The van der Waals surface area contributed by atoms with E-state index in [9.17, 15) is 9.90 Å². The van der Waals surface area contributed by atoms with Gasteiger partial charge in [0.15, 0.2) is 0 Å². The molecule has 5 heteroatoms. The molecule has 1 amide bonds. The average Bonchev–Trinajstić information content (AvgIpc) is 2.49. The quantitative estimate of drug-likeness (QED) is 0.848. The van der Waals surface area contributed by atoms with Crippen LogP contribution in [0.2, 0.25) is 0 Å². The van der Waals surface area contributed by atoms with E-state index in [2.05, 4.69) is 5.32 Å². The molecule has 5 nitrogen and oxygen atoms in total. The number of hydrogen-bond donors (Lipinski definition) is 2. The maximum Gasteiger partial charge on any atom is 0.263 e. The summed E-state index contributed by atoms with van der Waals surface area (Å²) in [6.45, 7) is 1.80. The van der Waals surface area contributed by atoms with Crippen LogP contribution in [0.3, 0.4) is 0 Å². The van der Waals surface area contributed by atoms with Crippen LogP contribution >= 0.6 is 0 Å². The van der Waals surface area contributed by atoms with Crippen molar-refractivity contribution < 1.29 is 19.4 Å². The van der Waals surface area contributed by atoms with Gasteiger partial charge in [-0.2, -0.15) is 0 Å². The molecule has 0 saturated carbocycles. The lowest BCUT2D eigenvalue weighted by Crippen LogP contribution is -2.15. The summed E-state index contributed by atoms with van der Waals surface area (Å²) in [4.78, 5) is 12.5. The van der Waals surface area contributed by atoms with Crippen molar-refractivity contribution in [3.8, 4) is 17.2 Å². The van der Waals surface area contributed by atoms with Gasteiger partial charge in [-0.05, 0) is 42.8 Å². The van der Waals surface area contributed by atoms with Gasteiger partial charge in [-0.25, -0.2) is 0 Å². The predicted octanol–water partition coefficient (Wildman–Crippen LogP) is 2.97. The van der Waals surface area contributed by atoms with Gasteiger partial charge in [0, 0.05) is 5.69 Å². The third-order valence-electron chi connectivity index (χ3n) is 3.11. The van der Waals surface area contributed by atoms with Crippen LogP contribution in [0.5, 0.6) is 17.2 Å². The minimum Gasteiger partial charge on any atom is -0.508 e. The summed E-state index contributed by atoms with van der Waals surface area (Å²) in [6, 6.07) is 9.88. The molecule has 0 spiro atoms. The number of rotatable bonds is 4. The molecule has 0 aliphatic carbocycles. The SMILES string of the molecule is COc1cccc(OC)c1C(=O)Nc1ccc(O)cc1C. The van der Waals surface area contributed by atoms with Gasteiger partial charge in [-0.1, -0.05) is 6.07 Å². The Balaban J connectivity index is 2.36. The van der Waals surface area contributed by atoms with Crippen LogP contribution < -0.4 is 14.8 Å². The van der Waals surface area contributed by atoms with Crippen molar-refractivity contribution in [1.29, 1.82) is 0 Å². The molecule has 0 saturated heterocycles. The van der Waals surface area contributed by atoms with Gasteiger partial charge in [0.1, 0.15) is 22.8 Å². The summed E-state index contributed by atoms with van der Waals surface area (Å²) in [5.74, 6) is 0.685. The van der Waals surface area contributed by atoms with Crippen molar-refractivity contribution in [2.45, 2.75) is 6.92 Å². The zero-order valence-corrected chi connectivity index (χ0v) is 12.1. The molecule has 2 aromatic carbocycles. The number of methoxy groups -OCH3 is 2. The number of ether oxygens (including phenoxy) is 2. The van der Waals surface area contributed by atoms with Crippen LogP contribution in [-0.4, -0.2) is 25.2 Å². The molecule has 2 rings (SSSR count). The summed E-state index contributed by atoms with van der Waals surface area (Å²) in [6.07, 6.45) is 0. The van der Waals surface area contributed by atoms with Crippen molar-refractivity contribution >= 4 is 11.6 Å². The number of amides is 1. The molecular formula is C16H17NO4. The van der Waals surface area contributed by atoms with E-state index in [0.717, 1.165) is 5.56 Å². The Morgan fingerprint density at radius 2 is 1.71 bits per heavy atom. The fraction of sp³-hybridized carbons (Fsp3) is 0.188. The first kappa shape index (κ1) is 14.7. The second kappa shape index (κ2) is 6.17. The molecular weight excluding hydrogens is 270 g/mol. The van der Waals surface area contributed by atoms with E-state index < -0.39 is 0 Å². The highest BCUT2D eigenvalue weighted by Crippen LogP contribution is 2.29. The topological polar surface area (TPSA) is 67.8 Å². The zero-order chi connectivity index (χ0) is 15.4. The second-order valence-corrected chi connectivity index (χ2v) is 4.49. The number of hydrogen-bond acceptors (Lipinski definition) is 4. The monoisotopic (exact) mass is 287 g/mol. The van der Waals surface area contributed by atoms with E-state index in [4.69, 9.17) is 9.47 Å². The Hall–Kier alpha value is -2.69. The zero-order valence-electron chi connectivity index (χ0n) is 12.1. The average molecular weight is 287 g/mol. The van der Waals surface area contributed by atoms with Crippen LogP contribution in [-0.2, 0) is 0 Å². The predicted molar refractivity (Wildman–Crippen MR) is 80.3 cm³/mol. The lowest BCUT2D eigenvalue weighted by molar-refractivity contribution is 0.102. The number of phenols is 1. The van der Waals surface area contributed by atoms with Gasteiger partial charge < -0.3 is 19.9 Å². The third kappa shape index (κ3) is 3.08. The van der Waals surface area contributed by atoms with E-state index in [0.29, 0.717) is 22.7 Å². The number of anilines is 1. The van der Waals surface area contributed by atoms with Gasteiger partial charge in [-0.3, -0.25) is 4.79 Å². The van der Waals surface area contributed by atoms with Crippen molar-refractivity contribution in [3.05, 3.63) is 47.5 Å². The van der Waals surface area contributed by atoms with Crippen molar-refractivity contribution in [1.82, 2.24) is 0 Å². The Bertz CT molecular complexity index is 645. The number of benzene rings is 2. The van der Waals surface area contributed by atoms with E-state index in [1.54, 1.807) is 37.3 Å². The normalized spacial score (nSPS) is 10.0. The van der Waals surface area contributed by atoms with Gasteiger partial charge in [0.2, 0.25) is 0 Å². The highest BCUT2D eigenvalue weighted by molar-refractivity contribution is 6.08. The minimum atomic E-state index is -0.335. The summed E-state index contributed by atoms with van der Waals surface area (Å²) in [5, 5.41) is 12.2. The highest BCUT2D eigenvalue weighted by atomic mass is 16.5. The number of aromatic hydroxyl groups is 1. The van der Waals surface area contributed by atoms with E-state index in [-0.39, 0.29) is 11.7 Å². The van der Waals surface area contributed by atoms with Gasteiger partial charge in [0.25, 0.3) is 5.91 Å². The van der Waals surface area contributed by atoms with E-state index in [1.807, 2.05) is 0 Å². The molecule has 0 aliphatic rings. The Morgan fingerprint density at radius 1 is 1.10 bits per heavy atom. The lowest BCUT2D eigenvalue weighted by Gasteiger charge is -2.14. The van der Waals surface area contributed by atoms with Gasteiger partial charge in [0.05, 0.1) is 14.2 Å². The molecule has 0 aliphatic heterocycles. The molecule has 110 valence electrons. The fourth-order valence-electron chi connectivity index (χ4n) is 2.05. The first-order valence-corrected chi connectivity index (χ1v) is 6.38. The van der Waals surface area contributed by atoms with Crippen LogP contribution in [0.4, 0.5) is 5.69 Å². The van der Waals surface area contributed by atoms with Gasteiger partial charge in [-0.15, -0.1) is 0 Å². The van der Waals surface area contributed by atoms with Crippen LogP contribution in [0.1, 0.15) is 15.9 Å². The Morgan fingerprint density at radius 3 is 2.24 bits per heavy atom. The summed E-state index contributed by atoms with van der Waals surface area (Å²) in [5.41, 5.74) is 1.71. The molecule has 2 aromatic rings. The first-order chi connectivity index (χ1) is 10.1. The van der Waals surface area contributed by atoms with E-state index in [1.165, 1.54) is 20.3 Å². The molecule has 0 fully saturated rings. The first-order valence-electron chi connectivity index (χ1n) is 6.38. The number of phenolic OH excluding ortho intramolecular Hbond substituents is 1. The molecule has 0 radical (unpaired) electrons. The molecule has 0 heterocycles. The van der Waals surface area contributed by atoms with Crippen LogP contribution in [0.25, 0.3) is 0 Å². The largest absolute Gasteiger partial charge is 0.508 e. The Labute approximate surface area is 123 Å². The van der Waals surface area contributed by atoms with Crippen molar-refractivity contribution in [2.75, 3.05) is 19.5 Å². The standard InChI is InChI=1S/C16H17NO4/c1-10-9-11(18)7-8-12(10)17-16(19)15-13(20-2)5-4-6-14(15)21-3/h4-9,18H,1-3H3,(H,17,19). The molecule has 0 unspecified atom stereocenters. The minimum absolute atomic E-state index is 0.153. The van der Waals surface area contributed by atoms with Crippen LogP contribution in [0.15, 0.2) is 36.4 Å². The molecule has 2 N–H and O–H groups in total. The molecule has 0 atom stereocenters. The molecule has 0 bridgehead atoms. The summed E-state index contributed by atoms with van der Waals surface area (Å²) < 4.78 is 10.4. The number of nitrogens with one attached hydrogen (secondary N) is 1. The smallest absolute Gasteiger partial charge is 0.263 e. The Kier molecular flexibility index (Phi) is 4.33. The third-order valence-corrected chi connectivity index (χ3v) is 3.11. The van der Waals surface area contributed by atoms with Crippen LogP contribution in [0, 0.1) is 6.92 Å². The molecule has 0 aromatic heterocycles. The second-order valence-electron chi connectivity index (χ2n) is 4.49. The maximum absolute atomic E-state index is 12.5. The highest BCUT2D eigenvalue weighted by Gasteiger charge is 2.18. The number of carbonyl (C=O) groups is 1. The van der Waals surface area contributed by atoms with Gasteiger partial charge >= 0.3 is 0 Å². The number of carbonyl (C=O) groups excluding carboxylic acids is 1.